The van der Waals surface area contributed by atoms with Gasteiger partial charge in [0, 0.05) is 22.2 Å². The van der Waals surface area contributed by atoms with Crippen LogP contribution in [0.3, 0.4) is 0 Å². The maximum atomic E-state index is 7.50. The van der Waals surface area contributed by atoms with Crippen LogP contribution in [0.2, 0.25) is 18.1 Å². The van der Waals surface area contributed by atoms with Crippen molar-refractivity contribution in [3.8, 4) is 0 Å². The van der Waals surface area contributed by atoms with Gasteiger partial charge in [-0.2, -0.15) is 11.3 Å². The molecule has 0 aliphatic carbocycles. The summed E-state index contributed by atoms with van der Waals surface area (Å²) >= 11 is 1.98. The van der Waals surface area contributed by atoms with Gasteiger partial charge in [-0.1, -0.05) is 39.9 Å². The molecule has 20 heavy (non-hydrogen) atoms. The van der Waals surface area contributed by atoms with Crippen LogP contribution in [0.15, 0.2) is 12.1 Å². The van der Waals surface area contributed by atoms with E-state index in [1.807, 2.05) is 11.3 Å². The van der Waals surface area contributed by atoms with E-state index in [0.717, 1.165) is 0 Å². The molecule has 0 saturated carbocycles. The molecular weight excluding hydrogens is 328 g/mol. The van der Waals surface area contributed by atoms with Gasteiger partial charge in [0.25, 0.3) is 0 Å². The minimum absolute atomic E-state index is 0. The summed E-state index contributed by atoms with van der Waals surface area (Å²) in [6.45, 7) is 27.7. The normalized spacial score (nSPS) is 9.00. The van der Waals surface area contributed by atoms with Crippen LogP contribution < -0.4 is 4.50 Å². The van der Waals surface area contributed by atoms with Gasteiger partial charge in [0.2, 0.25) is 0 Å². The second kappa shape index (κ2) is 13.6. The van der Waals surface area contributed by atoms with Crippen LogP contribution in [-0.4, -0.2) is 8.07 Å². The zero-order valence-corrected chi connectivity index (χ0v) is 15.8. The van der Waals surface area contributed by atoms with Crippen LogP contribution in [-0.2, 0) is 31.3 Å². The van der Waals surface area contributed by atoms with Crippen LogP contribution in [0, 0.1) is 26.9 Å². The molecule has 0 aromatic carbocycles. The maximum absolute atomic E-state index is 7.50. The van der Waals surface area contributed by atoms with Crippen LogP contribution in [0.1, 0.15) is 25.6 Å². The monoisotopic (exact) mass is 348 g/mol. The predicted octanol–water partition coefficient (Wildman–Crippen LogP) is 3.66. The number of thiophene rings is 1. The van der Waals surface area contributed by atoms with Crippen LogP contribution in [0.4, 0.5) is 0 Å². The minimum Gasteiger partial charge on any atom is 0 e. The molecule has 1 rings (SSSR count). The zero-order valence-electron chi connectivity index (χ0n) is 12.7. The molecular formula is C14H20CrO3SSi. The van der Waals surface area contributed by atoms with Crippen LogP contribution in [0.25, 0.3) is 0 Å². The minimum atomic E-state index is -1.24. The van der Waals surface area contributed by atoms with Gasteiger partial charge in [0.1, 0.15) is 0 Å². The molecule has 0 bridgehead atoms. The molecule has 0 fully saturated rings. The topological polar surface area (TPSA) is 59.7 Å². The summed E-state index contributed by atoms with van der Waals surface area (Å²) in [5.74, 6) is 0. The van der Waals surface area contributed by atoms with Gasteiger partial charge >= 0.3 is 33.9 Å². The Labute approximate surface area is 138 Å². The Morgan fingerprint density at radius 1 is 0.950 bits per heavy atom. The zero-order chi connectivity index (χ0) is 16.3. The van der Waals surface area contributed by atoms with Crippen LogP contribution in [0.5, 0.6) is 0 Å². The third-order valence-electron chi connectivity index (χ3n) is 3.23. The molecule has 0 radical (unpaired) electrons. The molecule has 1 heterocycles. The molecule has 6 heteroatoms. The SMILES string of the molecule is Cc1ccc([Si](C)(C)C(C)(C)C)s1.[C-]#[O+].[C-]#[O+].[C-]#[O+].[Cr]. The van der Waals surface area contributed by atoms with E-state index in [1.54, 1.807) is 4.50 Å². The smallest absolute Gasteiger partial charge is 0 e. The van der Waals surface area contributed by atoms with Crippen molar-refractivity contribution in [2.45, 2.75) is 45.8 Å². The van der Waals surface area contributed by atoms with Crippen molar-refractivity contribution < 1.29 is 31.3 Å². The second-order valence-electron chi connectivity index (χ2n) is 5.29. The van der Waals surface area contributed by atoms with Gasteiger partial charge < -0.3 is 0 Å². The summed E-state index contributed by atoms with van der Waals surface area (Å²) in [6, 6.07) is 4.58. The molecule has 0 unspecified atom stereocenters. The van der Waals surface area contributed by atoms with Crippen molar-refractivity contribution in [3.63, 3.8) is 0 Å². The van der Waals surface area contributed by atoms with E-state index in [1.165, 1.54) is 4.88 Å². The standard InChI is InChI=1S/C11H20SSi.3CO.Cr/c1-9-7-8-10(12-9)13(5,6)11(2,3)4;3*1-2;/h7-8H,1-6H3;;;;. The molecule has 0 aliphatic heterocycles. The molecule has 0 saturated heterocycles. The van der Waals surface area contributed by atoms with E-state index in [9.17, 15) is 0 Å². The van der Waals surface area contributed by atoms with Gasteiger partial charge in [-0.05, 0) is 22.5 Å². The van der Waals surface area contributed by atoms with Crippen molar-refractivity contribution in [1.29, 1.82) is 0 Å². The quantitative estimate of drug-likeness (QED) is 0.422. The van der Waals surface area contributed by atoms with Crippen molar-refractivity contribution >= 4 is 23.9 Å². The molecule has 0 aliphatic rings. The summed E-state index contributed by atoms with van der Waals surface area (Å²) < 4.78 is 24.1. The number of aryl methyl sites for hydroxylation is 1. The summed E-state index contributed by atoms with van der Waals surface area (Å²) in [5.41, 5.74) is 0. The van der Waals surface area contributed by atoms with Crippen molar-refractivity contribution in [3.05, 3.63) is 37.0 Å². The Balaban J connectivity index is -0.000000162. The number of rotatable bonds is 1. The first kappa shape index (κ1) is 27.9. The molecule has 110 valence electrons. The fourth-order valence-electron chi connectivity index (χ4n) is 1.14. The van der Waals surface area contributed by atoms with E-state index < -0.39 is 8.07 Å². The second-order valence-corrected chi connectivity index (χ2v) is 12.2. The maximum Gasteiger partial charge on any atom is 0 e. The molecule has 0 atom stereocenters. The Morgan fingerprint density at radius 2 is 1.30 bits per heavy atom. The Bertz CT molecular complexity index is 400. The Morgan fingerprint density at radius 3 is 1.50 bits per heavy atom. The van der Waals surface area contributed by atoms with Crippen LogP contribution >= 0.6 is 11.3 Å². The molecule has 1 aromatic heterocycles. The van der Waals surface area contributed by atoms with E-state index in [-0.39, 0.29) is 17.4 Å². The molecule has 3 nitrogen and oxygen atoms in total. The largest absolute Gasteiger partial charge is 0 e. The van der Waals surface area contributed by atoms with E-state index in [0.29, 0.717) is 5.04 Å². The van der Waals surface area contributed by atoms with Crippen molar-refractivity contribution in [1.82, 2.24) is 0 Å². The predicted molar refractivity (Wildman–Crippen MR) is 77.7 cm³/mol. The fourth-order valence-corrected chi connectivity index (χ4v) is 5.42. The molecule has 0 amide bonds. The third-order valence-corrected chi connectivity index (χ3v) is 11.0. The van der Waals surface area contributed by atoms with Crippen molar-refractivity contribution in [2.75, 3.05) is 0 Å². The average Bonchev–Trinajstić information content (AvgIpc) is 2.83. The summed E-state index contributed by atoms with van der Waals surface area (Å²) in [5, 5.41) is 0.463. The summed E-state index contributed by atoms with van der Waals surface area (Å²) in [6.07, 6.45) is 0. The van der Waals surface area contributed by atoms with Gasteiger partial charge in [-0.15, -0.1) is 0 Å². The number of hydrogen-bond donors (Lipinski definition) is 0. The van der Waals surface area contributed by atoms with Gasteiger partial charge in [-0.3, -0.25) is 0 Å². The summed E-state index contributed by atoms with van der Waals surface area (Å²) in [7, 11) is -1.24. The van der Waals surface area contributed by atoms with Gasteiger partial charge in [0.05, 0.1) is 8.07 Å². The number of hydrogen-bond acceptors (Lipinski definition) is 1. The first-order valence-corrected chi connectivity index (χ1v) is 9.25. The molecule has 0 spiro atoms. The van der Waals surface area contributed by atoms with E-state index in [4.69, 9.17) is 14.0 Å². The molecule has 0 N–H and O–H groups in total. The summed E-state index contributed by atoms with van der Waals surface area (Å²) in [4.78, 5) is 1.44. The first-order chi connectivity index (χ1) is 8.75. The molecule has 1 aromatic rings. The Kier molecular flexibility index (Phi) is 19.0. The average molecular weight is 348 g/mol. The van der Waals surface area contributed by atoms with E-state index in [2.05, 4.69) is 72.9 Å². The van der Waals surface area contributed by atoms with Gasteiger partial charge in [0.15, 0.2) is 0 Å². The Hall–Kier alpha value is -0.331. The van der Waals surface area contributed by atoms with Gasteiger partial charge in [-0.25, -0.2) is 0 Å². The first-order valence-electron chi connectivity index (χ1n) is 5.43. The van der Waals surface area contributed by atoms with E-state index >= 15 is 0 Å². The fraction of sp³-hybridized carbons (Fsp3) is 0.500. The third kappa shape index (κ3) is 8.76. The van der Waals surface area contributed by atoms with Crippen molar-refractivity contribution in [2.24, 2.45) is 0 Å².